The average Bonchev–Trinajstić information content (AvgIpc) is 3.47. The van der Waals surface area contributed by atoms with E-state index in [-0.39, 0.29) is 17.7 Å². The fourth-order valence-corrected chi connectivity index (χ4v) is 5.76. The van der Waals surface area contributed by atoms with E-state index in [2.05, 4.69) is 41.3 Å². The molecule has 1 aromatic carbocycles. The number of benzene rings is 1. The van der Waals surface area contributed by atoms with Crippen LogP contribution in [0.2, 0.25) is 0 Å². The Morgan fingerprint density at radius 1 is 1.21 bits per heavy atom. The molecule has 3 heterocycles. The number of aryl methyl sites for hydroxylation is 1. The predicted molar refractivity (Wildman–Crippen MR) is 118 cm³/mol. The Morgan fingerprint density at radius 2 is 1.97 bits per heavy atom. The van der Waals surface area contributed by atoms with Gasteiger partial charge in [-0.2, -0.15) is 5.10 Å². The molecule has 1 unspecified atom stereocenters. The summed E-state index contributed by atoms with van der Waals surface area (Å²) >= 11 is 4.57. The van der Waals surface area contributed by atoms with Crippen molar-refractivity contribution in [3.05, 3.63) is 59.5 Å². The van der Waals surface area contributed by atoms with Crippen LogP contribution in [0.1, 0.15) is 36.3 Å². The summed E-state index contributed by atoms with van der Waals surface area (Å²) in [6.07, 6.45) is 2.26. The molecule has 0 bridgehead atoms. The highest BCUT2D eigenvalue weighted by atomic mass is 32.2. The Labute approximate surface area is 181 Å². The van der Waals surface area contributed by atoms with Gasteiger partial charge in [-0.3, -0.25) is 4.79 Å². The van der Waals surface area contributed by atoms with E-state index in [1.54, 1.807) is 23.0 Å². The van der Waals surface area contributed by atoms with Gasteiger partial charge >= 0.3 is 0 Å². The van der Waals surface area contributed by atoms with Crippen molar-refractivity contribution in [1.82, 2.24) is 15.2 Å². The summed E-state index contributed by atoms with van der Waals surface area (Å²) in [6, 6.07) is 11.7. The highest BCUT2D eigenvalue weighted by molar-refractivity contribution is 8.03. The summed E-state index contributed by atoms with van der Waals surface area (Å²) in [7, 11) is 0. The van der Waals surface area contributed by atoms with Crippen LogP contribution in [-0.2, 0) is 4.79 Å². The van der Waals surface area contributed by atoms with Crippen LogP contribution in [0, 0.1) is 6.92 Å². The van der Waals surface area contributed by atoms with Crippen molar-refractivity contribution < 1.29 is 9.21 Å². The zero-order valence-electron chi connectivity index (χ0n) is 16.1. The average molecular weight is 445 g/mol. The lowest BCUT2D eigenvalue weighted by Crippen LogP contribution is -2.28. The summed E-state index contributed by atoms with van der Waals surface area (Å²) in [5.74, 6) is 1.88. The molecule has 0 fully saturated rings. The van der Waals surface area contributed by atoms with Crippen LogP contribution in [0.5, 0.6) is 0 Å². The van der Waals surface area contributed by atoms with Crippen LogP contribution in [0.4, 0.5) is 0 Å². The van der Waals surface area contributed by atoms with Crippen LogP contribution in [0.3, 0.4) is 0 Å². The molecular weight excluding hydrogens is 424 g/mol. The number of carbonyl (C=O) groups is 1. The summed E-state index contributed by atoms with van der Waals surface area (Å²) in [5.41, 5.74) is 3.11. The molecule has 9 heteroatoms. The minimum absolute atomic E-state index is 0.0709. The Kier molecular flexibility index (Phi) is 6.37. The third-order valence-electron chi connectivity index (χ3n) is 4.40. The molecular formula is C20H20N4O2S3. The largest absolute Gasteiger partial charge is 0.467 e. The molecule has 4 rings (SSSR count). The second-order valence-electron chi connectivity index (χ2n) is 6.44. The van der Waals surface area contributed by atoms with Gasteiger partial charge in [0.2, 0.25) is 0 Å². The van der Waals surface area contributed by atoms with Crippen LogP contribution in [0.15, 0.2) is 60.9 Å². The van der Waals surface area contributed by atoms with Crippen LogP contribution >= 0.6 is 34.9 Å². The van der Waals surface area contributed by atoms with E-state index >= 15 is 0 Å². The van der Waals surface area contributed by atoms with Crippen LogP contribution in [-0.4, -0.2) is 38.3 Å². The van der Waals surface area contributed by atoms with Gasteiger partial charge in [-0.15, -0.1) is 10.2 Å². The first-order chi connectivity index (χ1) is 14.1. The molecule has 1 atom stereocenters. The standard InChI is InChI=1S/C20H20N4O2S3/c1-3-27-19-21-22-20(29-19)28-12-18(25)24-16(17-5-4-10-26-17)11-15(23-24)14-8-6-13(2)7-9-14/h4-10,16H,3,11-12H2,1-2H3. The minimum Gasteiger partial charge on any atom is -0.467 e. The molecule has 0 radical (unpaired) electrons. The predicted octanol–water partition coefficient (Wildman–Crippen LogP) is 5.02. The summed E-state index contributed by atoms with van der Waals surface area (Å²) in [5, 5.41) is 14.5. The van der Waals surface area contributed by atoms with E-state index in [0.29, 0.717) is 6.42 Å². The first kappa shape index (κ1) is 20.2. The lowest BCUT2D eigenvalue weighted by molar-refractivity contribution is -0.130. The van der Waals surface area contributed by atoms with Crippen molar-refractivity contribution in [3.63, 3.8) is 0 Å². The maximum absolute atomic E-state index is 13.0. The summed E-state index contributed by atoms with van der Waals surface area (Å²) in [6.45, 7) is 4.13. The lowest BCUT2D eigenvalue weighted by atomic mass is 10.0. The van der Waals surface area contributed by atoms with Crippen molar-refractivity contribution in [2.45, 2.75) is 35.0 Å². The van der Waals surface area contributed by atoms with Crippen molar-refractivity contribution in [3.8, 4) is 0 Å². The topological polar surface area (TPSA) is 71.6 Å². The third-order valence-corrected chi connectivity index (χ3v) is 7.45. The second kappa shape index (κ2) is 9.15. The van der Waals surface area contributed by atoms with E-state index in [1.165, 1.54) is 28.7 Å². The number of hydrazone groups is 1. The Balaban J connectivity index is 1.50. The Hall–Kier alpha value is -2.10. The van der Waals surface area contributed by atoms with Gasteiger partial charge in [-0.05, 0) is 30.4 Å². The van der Waals surface area contributed by atoms with Gasteiger partial charge in [0.25, 0.3) is 5.91 Å². The fourth-order valence-electron chi connectivity index (χ4n) is 2.99. The number of aromatic nitrogens is 2. The second-order valence-corrected chi connectivity index (χ2v) is 10.2. The molecule has 3 aromatic rings. The number of amides is 1. The van der Waals surface area contributed by atoms with Gasteiger partial charge in [0, 0.05) is 6.42 Å². The van der Waals surface area contributed by atoms with Crippen LogP contribution in [0.25, 0.3) is 0 Å². The molecule has 0 spiro atoms. The molecule has 0 aliphatic carbocycles. The number of carbonyl (C=O) groups excluding carboxylic acids is 1. The first-order valence-corrected chi connectivity index (χ1v) is 12.0. The third kappa shape index (κ3) is 4.73. The van der Waals surface area contributed by atoms with Gasteiger partial charge in [-0.25, -0.2) is 5.01 Å². The number of furan rings is 1. The van der Waals surface area contributed by atoms with Gasteiger partial charge in [0.1, 0.15) is 11.8 Å². The molecule has 1 aliphatic rings. The number of hydrogen-bond acceptors (Lipinski definition) is 8. The quantitative estimate of drug-likeness (QED) is 0.477. The van der Waals surface area contributed by atoms with E-state index in [0.717, 1.165) is 31.5 Å². The Morgan fingerprint density at radius 3 is 2.66 bits per heavy atom. The molecule has 1 aliphatic heterocycles. The maximum Gasteiger partial charge on any atom is 0.253 e. The van der Waals surface area contributed by atoms with E-state index in [1.807, 2.05) is 24.3 Å². The van der Waals surface area contributed by atoms with Gasteiger partial charge in [0.05, 0.1) is 17.7 Å². The molecule has 6 nitrogen and oxygen atoms in total. The van der Waals surface area contributed by atoms with Gasteiger partial charge in [-0.1, -0.05) is 71.6 Å². The SMILES string of the molecule is CCSc1nnc(SCC(=O)N2N=C(c3ccc(C)cc3)CC2c2ccco2)s1. The van der Waals surface area contributed by atoms with Gasteiger partial charge < -0.3 is 4.42 Å². The summed E-state index contributed by atoms with van der Waals surface area (Å²) in [4.78, 5) is 13.0. The number of hydrogen-bond donors (Lipinski definition) is 0. The van der Waals surface area contributed by atoms with E-state index in [4.69, 9.17) is 4.42 Å². The fraction of sp³-hybridized carbons (Fsp3) is 0.300. The van der Waals surface area contributed by atoms with Crippen LogP contribution < -0.4 is 0 Å². The molecule has 0 saturated heterocycles. The van der Waals surface area contributed by atoms with E-state index in [9.17, 15) is 4.79 Å². The molecule has 0 N–H and O–H groups in total. The number of nitrogens with zero attached hydrogens (tertiary/aromatic N) is 4. The highest BCUT2D eigenvalue weighted by Crippen LogP contribution is 2.35. The first-order valence-electron chi connectivity index (χ1n) is 9.23. The number of thioether (sulfide) groups is 2. The van der Waals surface area contributed by atoms with Crippen molar-refractivity contribution in [1.29, 1.82) is 0 Å². The van der Waals surface area contributed by atoms with Crippen molar-refractivity contribution in [2.24, 2.45) is 5.10 Å². The van der Waals surface area contributed by atoms with Crippen molar-refractivity contribution >= 4 is 46.5 Å². The Bertz CT molecular complexity index is 999. The minimum atomic E-state index is -0.227. The monoisotopic (exact) mass is 444 g/mol. The molecule has 150 valence electrons. The molecule has 1 amide bonds. The normalized spacial score (nSPS) is 16.3. The highest BCUT2D eigenvalue weighted by Gasteiger charge is 2.34. The molecule has 0 saturated carbocycles. The molecule has 2 aromatic heterocycles. The maximum atomic E-state index is 13.0. The number of rotatable bonds is 7. The zero-order valence-corrected chi connectivity index (χ0v) is 18.5. The lowest BCUT2D eigenvalue weighted by Gasteiger charge is -2.19. The summed E-state index contributed by atoms with van der Waals surface area (Å²) < 4.78 is 7.32. The van der Waals surface area contributed by atoms with E-state index < -0.39 is 0 Å². The van der Waals surface area contributed by atoms with Gasteiger partial charge in [0.15, 0.2) is 8.68 Å². The zero-order chi connectivity index (χ0) is 20.2. The molecule has 29 heavy (non-hydrogen) atoms. The van der Waals surface area contributed by atoms with Crippen molar-refractivity contribution in [2.75, 3.05) is 11.5 Å². The smallest absolute Gasteiger partial charge is 0.253 e.